The molecule has 1 rings (SSSR count). The summed E-state index contributed by atoms with van der Waals surface area (Å²) >= 11 is 0. The molecule has 29 heavy (non-hydrogen) atoms. The van der Waals surface area contributed by atoms with Crippen LogP contribution in [0.1, 0.15) is 143 Å². The van der Waals surface area contributed by atoms with Crippen LogP contribution in [0.4, 0.5) is 0 Å². The van der Waals surface area contributed by atoms with Crippen molar-refractivity contribution in [3.8, 4) is 0 Å². The topological polar surface area (TPSA) is 29.4 Å². The molecule has 0 aromatic heterocycles. The van der Waals surface area contributed by atoms with Crippen molar-refractivity contribution in [3.05, 3.63) is 4.91 Å². The van der Waals surface area contributed by atoms with Crippen molar-refractivity contribution < 1.29 is 0 Å². The Morgan fingerprint density at radius 3 is 2.41 bits per heavy atom. The van der Waals surface area contributed by atoms with Gasteiger partial charge in [0.05, 0.1) is 6.54 Å². The molecule has 4 unspecified atom stereocenters. The summed E-state index contributed by atoms with van der Waals surface area (Å²) in [6.45, 7) is 9.97. The second-order valence-electron chi connectivity index (χ2n) is 10.4. The number of rotatable bonds is 16. The van der Waals surface area contributed by atoms with Gasteiger partial charge in [0.1, 0.15) is 0 Å². The summed E-state index contributed by atoms with van der Waals surface area (Å²) in [6, 6.07) is 0. The van der Waals surface area contributed by atoms with E-state index in [9.17, 15) is 4.91 Å². The molecule has 2 heteroatoms. The summed E-state index contributed by atoms with van der Waals surface area (Å²) in [6.07, 6.45) is 24.7. The molecule has 0 amide bonds. The smallest absolute Gasteiger partial charge is 0.0811 e. The molecule has 0 bridgehead atoms. The van der Waals surface area contributed by atoms with Gasteiger partial charge in [0.25, 0.3) is 0 Å². The van der Waals surface area contributed by atoms with Crippen molar-refractivity contribution in [2.75, 3.05) is 6.54 Å². The Kier molecular flexibility index (Phi) is 15.0. The minimum absolute atomic E-state index is 0.521. The zero-order valence-corrected chi connectivity index (χ0v) is 20.5. The van der Waals surface area contributed by atoms with Crippen LogP contribution >= 0.6 is 0 Å². The SMILES string of the molecule is CCCCCCC1(CCC)CCC(CCCC(C)CC)CCCC1CCCN=O. The second-order valence-corrected chi connectivity index (χ2v) is 10.4. The van der Waals surface area contributed by atoms with Crippen molar-refractivity contribution in [2.24, 2.45) is 28.3 Å². The highest BCUT2D eigenvalue weighted by Crippen LogP contribution is 2.49. The number of nitroso groups, excluding NO2 is 1. The zero-order chi connectivity index (χ0) is 21.4. The number of unbranched alkanes of at least 4 members (excludes halogenated alkanes) is 3. The number of hydrogen-bond donors (Lipinski definition) is 0. The average Bonchev–Trinajstić information content (AvgIpc) is 2.71. The van der Waals surface area contributed by atoms with Gasteiger partial charge in [0.2, 0.25) is 0 Å². The van der Waals surface area contributed by atoms with Crippen LogP contribution in [0.5, 0.6) is 0 Å². The van der Waals surface area contributed by atoms with E-state index in [1.807, 2.05) is 0 Å². The van der Waals surface area contributed by atoms with Crippen LogP contribution in [0, 0.1) is 28.1 Å². The number of hydrogen-bond acceptors (Lipinski definition) is 2. The molecule has 0 radical (unpaired) electrons. The molecule has 0 N–H and O–H groups in total. The second kappa shape index (κ2) is 16.3. The van der Waals surface area contributed by atoms with Gasteiger partial charge in [-0.2, -0.15) is 4.91 Å². The van der Waals surface area contributed by atoms with E-state index in [4.69, 9.17) is 0 Å². The fourth-order valence-corrected chi connectivity index (χ4v) is 6.08. The normalized spacial score (nSPS) is 26.6. The van der Waals surface area contributed by atoms with Gasteiger partial charge in [-0.1, -0.05) is 104 Å². The van der Waals surface area contributed by atoms with Crippen molar-refractivity contribution in [1.29, 1.82) is 0 Å². The summed E-state index contributed by atoms with van der Waals surface area (Å²) < 4.78 is 0. The Balaban J connectivity index is 2.76. The third-order valence-corrected chi connectivity index (χ3v) is 8.17. The predicted molar refractivity (Wildman–Crippen MR) is 129 cm³/mol. The highest BCUT2D eigenvalue weighted by Gasteiger charge is 2.38. The highest BCUT2D eigenvalue weighted by molar-refractivity contribution is 4.89. The summed E-state index contributed by atoms with van der Waals surface area (Å²) in [4.78, 5) is 10.7. The molecular formula is C27H53NO. The maximum Gasteiger partial charge on any atom is 0.0811 e. The van der Waals surface area contributed by atoms with E-state index in [1.54, 1.807) is 0 Å². The minimum atomic E-state index is 0.521. The van der Waals surface area contributed by atoms with Gasteiger partial charge in [0.15, 0.2) is 0 Å². The third-order valence-electron chi connectivity index (χ3n) is 8.17. The third kappa shape index (κ3) is 10.5. The van der Waals surface area contributed by atoms with E-state index >= 15 is 0 Å². The molecular weight excluding hydrogens is 354 g/mol. The Labute approximate surface area is 183 Å². The fraction of sp³-hybridized carbons (Fsp3) is 1.00. The lowest BCUT2D eigenvalue weighted by molar-refractivity contribution is 0.0653. The van der Waals surface area contributed by atoms with Crippen LogP contribution in [0.2, 0.25) is 0 Å². The van der Waals surface area contributed by atoms with Crippen LogP contribution in [0.3, 0.4) is 0 Å². The lowest BCUT2D eigenvalue weighted by Crippen LogP contribution is -2.33. The van der Waals surface area contributed by atoms with Gasteiger partial charge in [-0.05, 0) is 68.1 Å². The Morgan fingerprint density at radius 2 is 1.72 bits per heavy atom. The first-order chi connectivity index (χ1) is 14.1. The van der Waals surface area contributed by atoms with Crippen LogP contribution < -0.4 is 0 Å². The molecule has 0 aromatic carbocycles. The molecule has 1 aliphatic carbocycles. The number of nitrogens with zero attached hydrogens (tertiary/aromatic N) is 1. The first-order valence-corrected chi connectivity index (χ1v) is 13.4. The van der Waals surface area contributed by atoms with E-state index in [0.29, 0.717) is 12.0 Å². The molecule has 4 atom stereocenters. The van der Waals surface area contributed by atoms with Gasteiger partial charge >= 0.3 is 0 Å². The summed E-state index contributed by atoms with van der Waals surface area (Å²) in [7, 11) is 0. The fourth-order valence-electron chi connectivity index (χ4n) is 6.08. The van der Waals surface area contributed by atoms with Gasteiger partial charge in [-0.15, -0.1) is 0 Å². The quantitative estimate of drug-likeness (QED) is 0.185. The van der Waals surface area contributed by atoms with Crippen molar-refractivity contribution >= 4 is 0 Å². The summed E-state index contributed by atoms with van der Waals surface area (Å²) in [5, 5.41) is 3.16. The van der Waals surface area contributed by atoms with E-state index in [1.165, 1.54) is 109 Å². The largest absolute Gasteiger partial charge is 0.151 e. The van der Waals surface area contributed by atoms with Crippen LogP contribution in [-0.4, -0.2) is 6.54 Å². The molecule has 1 fully saturated rings. The zero-order valence-electron chi connectivity index (χ0n) is 20.5. The van der Waals surface area contributed by atoms with Gasteiger partial charge in [0, 0.05) is 0 Å². The van der Waals surface area contributed by atoms with E-state index in [2.05, 4.69) is 32.9 Å². The van der Waals surface area contributed by atoms with E-state index in [0.717, 1.165) is 24.2 Å². The predicted octanol–water partition coefficient (Wildman–Crippen LogP) is 9.70. The lowest BCUT2D eigenvalue weighted by atomic mass is 9.61. The Morgan fingerprint density at radius 1 is 0.897 bits per heavy atom. The molecule has 0 aliphatic heterocycles. The molecule has 0 heterocycles. The standard InChI is InChI=1S/C27H53NO/c1-5-8-9-10-21-27(20-6-2)22-19-25(15-11-14-24(4)7-3)16-12-17-26(27)18-13-23-28-29/h24-26H,5-23H2,1-4H3. The lowest BCUT2D eigenvalue weighted by Gasteiger charge is -2.44. The maximum atomic E-state index is 10.7. The molecule has 0 spiro atoms. The maximum absolute atomic E-state index is 10.7. The molecule has 2 nitrogen and oxygen atoms in total. The summed E-state index contributed by atoms with van der Waals surface area (Å²) in [5.74, 6) is 2.69. The van der Waals surface area contributed by atoms with Crippen LogP contribution in [0.25, 0.3) is 0 Å². The monoisotopic (exact) mass is 407 g/mol. The first-order valence-electron chi connectivity index (χ1n) is 13.4. The minimum Gasteiger partial charge on any atom is -0.151 e. The molecule has 172 valence electrons. The summed E-state index contributed by atoms with van der Waals surface area (Å²) in [5.41, 5.74) is 0.542. The molecule has 0 saturated heterocycles. The van der Waals surface area contributed by atoms with E-state index < -0.39 is 0 Å². The highest BCUT2D eigenvalue weighted by atomic mass is 16.3. The molecule has 1 aliphatic rings. The van der Waals surface area contributed by atoms with Gasteiger partial charge in [-0.25, -0.2) is 0 Å². The average molecular weight is 408 g/mol. The first kappa shape index (κ1) is 26.6. The Hall–Kier alpha value is -0.400. The molecule has 1 saturated carbocycles. The van der Waals surface area contributed by atoms with Gasteiger partial charge < -0.3 is 0 Å². The van der Waals surface area contributed by atoms with E-state index in [-0.39, 0.29) is 0 Å². The van der Waals surface area contributed by atoms with Crippen molar-refractivity contribution in [2.45, 2.75) is 143 Å². The molecule has 0 aromatic rings. The van der Waals surface area contributed by atoms with Crippen molar-refractivity contribution in [3.63, 3.8) is 0 Å². The Bertz CT molecular complexity index is 396. The van der Waals surface area contributed by atoms with Gasteiger partial charge in [-0.3, -0.25) is 0 Å². The van der Waals surface area contributed by atoms with Crippen LogP contribution in [0.15, 0.2) is 5.18 Å². The van der Waals surface area contributed by atoms with Crippen molar-refractivity contribution in [1.82, 2.24) is 0 Å². The van der Waals surface area contributed by atoms with Crippen LogP contribution in [-0.2, 0) is 0 Å².